The molecule has 0 amide bonds. The smallest absolute Gasteiger partial charge is 0.360 e. The molecular weight excluding hydrogens is 230 g/mol. The summed E-state index contributed by atoms with van der Waals surface area (Å²) in [5, 5.41) is 0. The number of methoxy groups -OCH3 is 1. The van der Waals surface area contributed by atoms with Gasteiger partial charge in [-0.25, -0.2) is 9.78 Å². The number of nitrogen functional groups attached to an aromatic ring is 1. The number of nitrogens with zero attached hydrogens (tertiary/aromatic N) is 2. The summed E-state index contributed by atoms with van der Waals surface area (Å²) in [6.07, 6.45) is 1.73. The van der Waals surface area contributed by atoms with Crippen molar-refractivity contribution in [2.45, 2.75) is 46.6 Å². The highest BCUT2D eigenvalue weighted by molar-refractivity contribution is 5.92. The molecule has 102 valence electrons. The van der Waals surface area contributed by atoms with Crippen molar-refractivity contribution >= 4 is 11.8 Å². The summed E-state index contributed by atoms with van der Waals surface area (Å²) in [4.78, 5) is 15.9. The number of carbonyl (C=O) groups is 1. The van der Waals surface area contributed by atoms with E-state index in [-0.39, 0.29) is 11.7 Å². The lowest BCUT2D eigenvalue weighted by atomic mass is 10.0. The average Bonchev–Trinajstić information content (AvgIpc) is 2.64. The van der Waals surface area contributed by atoms with Crippen LogP contribution in [0.5, 0.6) is 0 Å². The van der Waals surface area contributed by atoms with Crippen molar-refractivity contribution in [2.24, 2.45) is 5.92 Å². The van der Waals surface area contributed by atoms with Crippen LogP contribution >= 0.6 is 0 Å². The first-order chi connectivity index (χ1) is 8.42. The zero-order valence-electron chi connectivity index (χ0n) is 11.9. The second-order valence-electron chi connectivity index (χ2n) is 4.96. The Morgan fingerprint density at radius 1 is 1.44 bits per heavy atom. The standard InChI is InChI=1S/C13H23N3O2/c1-6-10-15-11(13(17)18-5)12(14)16(10)9(4)7-8(2)3/h8-9H,6-7,14H2,1-5H3. The molecule has 0 aromatic carbocycles. The molecule has 1 aromatic rings. The van der Waals surface area contributed by atoms with Crippen molar-refractivity contribution in [3.63, 3.8) is 0 Å². The van der Waals surface area contributed by atoms with Crippen LogP contribution in [-0.4, -0.2) is 22.6 Å². The highest BCUT2D eigenvalue weighted by Crippen LogP contribution is 2.25. The minimum absolute atomic E-state index is 0.227. The summed E-state index contributed by atoms with van der Waals surface area (Å²) in [6, 6.07) is 0.228. The topological polar surface area (TPSA) is 70.1 Å². The number of imidazole rings is 1. The second-order valence-corrected chi connectivity index (χ2v) is 4.96. The molecule has 0 fully saturated rings. The molecule has 2 N–H and O–H groups in total. The number of hydrogen-bond donors (Lipinski definition) is 1. The van der Waals surface area contributed by atoms with Crippen molar-refractivity contribution in [3.8, 4) is 0 Å². The Balaban J connectivity index is 3.17. The van der Waals surface area contributed by atoms with Crippen molar-refractivity contribution in [2.75, 3.05) is 12.8 Å². The van der Waals surface area contributed by atoms with Crippen molar-refractivity contribution in [1.29, 1.82) is 0 Å². The summed E-state index contributed by atoms with van der Waals surface area (Å²) in [5.41, 5.74) is 6.26. The van der Waals surface area contributed by atoms with Gasteiger partial charge in [-0.1, -0.05) is 20.8 Å². The van der Waals surface area contributed by atoms with Crippen LogP contribution in [0, 0.1) is 5.92 Å². The predicted molar refractivity (Wildman–Crippen MR) is 71.5 cm³/mol. The molecule has 18 heavy (non-hydrogen) atoms. The molecule has 1 atom stereocenters. The van der Waals surface area contributed by atoms with E-state index in [0.717, 1.165) is 18.7 Å². The van der Waals surface area contributed by atoms with E-state index in [1.807, 2.05) is 11.5 Å². The highest BCUT2D eigenvalue weighted by Gasteiger charge is 2.23. The third-order valence-corrected chi connectivity index (χ3v) is 2.97. The van der Waals surface area contributed by atoms with Crippen LogP contribution in [0.1, 0.15) is 56.5 Å². The number of nitrogens with two attached hydrogens (primary N) is 1. The van der Waals surface area contributed by atoms with Crippen LogP contribution in [0.25, 0.3) is 0 Å². The van der Waals surface area contributed by atoms with Crippen LogP contribution in [0.2, 0.25) is 0 Å². The fourth-order valence-corrected chi connectivity index (χ4v) is 2.27. The van der Waals surface area contributed by atoms with Gasteiger partial charge < -0.3 is 15.0 Å². The van der Waals surface area contributed by atoms with Crippen LogP contribution in [-0.2, 0) is 11.2 Å². The van der Waals surface area contributed by atoms with Gasteiger partial charge in [0.05, 0.1) is 7.11 Å². The summed E-state index contributed by atoms with van der Waals surface area (Å²) >= 11 is 0. The Hall–Kier alpha value is -1.52. The molecule has 0 aliphatic carbocycles. The Morgan fingerprint density at radius 3 is 2.50 bits per heavy atom. The Bertz CT molecular complexity index is 424. The molecule has 0 aliphatic rings. The molecule has 0 saturated heterocycles. The Kier molecular flexibility index (Phi) is 4.76. The van der Waals surface area contributed by atoms with Crippen LogP contribution in [0.3, 0.4) is 0 Å². The van der Waals surface area contributed by atoms with Gasteiger partial charge in [0.15, 0.2) is 5.69 Å². The maximum Gasteiger partial charge on any atom is 0.360 e. The zero-order chi connectivity index (χ0) is 13.9. The van der Waals surface area contributed by atoms with E-state index < -0.39 is 5.97 Å². The monoisotopic (exact) mass is 253 g/mol. The van der Waals surface area contributed by atoms with Gasteiger partial charge in [-0.05, 0) is 19.3 Å². The summed E-state index contributed by atoms with van der Waals surface area (Å²) in [7, 11) is 1.34. The van der Waals surface area contributed by atoms with Gasteiger partial charge in [-0.2, -0.15) is 0 Å². The average molecular weight is 253 g/mol. The van der Waals surface area contributed by atoms with E-state index in [1.165, 1.54) is 7.11 Å². The SMILES string of the molecule is CCc1nc(C(=O)OC)c(N)n1C(C)CC(C)C. The van der Waals surface area contributed by atoms with E-state index in [2.05, 4.69) is 25.8 Å². The molecule has 1 rings (SSSR count). The van der Waals surface area contributed by atoms with E-state index in [0.29, 0.717) is 11.7 Å². The minimum atomic E-state index is -0.474. The number of rotatable bonds is 5. The molecular formula is C13H23N3O2. The lowest BCUT2D eigenvalue weighted by Crippen LogP contribution is -2.14. The quantitative estimate of drug-likeness (QED) is 0.818. The number of carbonyl (C=O) groups excluding carboxylic acids is 1. The highest BCUT2D eigenvalue weighted by atomic mass is 16.5. The predicted octanol–water partition coefficient (Wildman–Crippen LogP) is 2.42. The third-order valence-electron chi connectivity index (χ3n) is 2.97. The van der Waals surface area contributed by atoms with Crippen molar-refractivity contribution in [3.05, 3.63) is 11.5 Å². The minimum Gasteiger partial charge on any atom is -0.464 e. The lowest BCUT2D eigenvalue weighted by molar-refractivity contribution is 0.0595. The molecule has 1 heterocycles. The number of anilines is 1. The van der Waals surface area contributed by atoms with Gasteiger partial charge in [0.25, 0.3) is 0 Å². The molecule has 5 heteroatoms. The van der Waals surface area contributed by atoms with Gasteiger partial charge in [-0.15, -0.1) is 0 Å². The van der Waals surface area contributed by atoms with Gasteiger partial charge in [0.2, 0.25) is 0 Å². The van der Waals surface area contributed by atoms with E-state index in [9.17, 15) is 4.79 Å². The lowest BCUT2D eigenvalue weighted by Gasteiger charge is -2.19. The van der Waals surface area contributed by atoms with Gasteiger partial charge >= 0.3 is 5.97 Å². The van der Waals surface area contributed by atoms with Crippen LogP contribution in [0.4, 0.5) is 5.82 Å². The number of ether oxygens (including phenoxy) is 1. The van der Waals surface area contributed by atoms with Crippen LogP contribution in [0.15, 0.2) is 0 Å². The molecule has 0 radical (unpaired) electrons. The molecule has 1 unspecified atom stereocenters. The molecule has 0 aliphatic heterocycles. The Morgan fingerprint density at radius 2 is 2.06 bits per heavy atom. The number of aromatic nitrogens is 2. The second kappa shape index (κ2) is 5.89. The first kappa shape index (κ1) is 14.5. The summed E-state index contributed by atoms with van der Waals surface area (Å²) in [6.45, 7) is 8.42. The fourth-order valence-electron chi connectivity index (χ4n) is 2.27. The maximum atomic E-state index is 11.6. The van der Waals surface area contributed by atoms with Crippen molar-refractivity contribution in [1.82, 2.24) is 9.55 Å². The van der Waals surface area contributed by atoms with Crippen molar-refractivity contribution < 1.29 is 9.53 Å². The first-order valence-electron chi connectivity index (χ1n) is 6.37. The number of esters is 1. The van der Waals surface area contributed by atoms with Gasteiger partial charge in [0.1, 0.15) is 11.6 Å². The van der Waals surface area contributed by atoms with Gasteiger partial charge in [0, 0.05) is 12.5 Å². The van der Waals surface area contributed by atoms with E-state index in [1.54, 1.807) is 0 Å². The molecule has 5 nitrogen and oxygen atoms in total. The summed E-state index contributed by atoms with van der Waals surface area (Å²) in [5.74, 6) is 1.33. The fraction of sp³-hybridized carbons (Fsp3) is 0.692. The normalized spacial score (nSPS) is 12.8. The van der Waals surface area contributed by atoms with E-state index in [4.69, 9.17) is 10.5 Å². The number of aryl methyl sites for hydroxylation is 1. The molecule has 1 aromatic heterocycles. The third kappa shape index (κ3) is 2.83. The number of hydrogen-bond acceptors (Lipinski definition) is 4. The molecule has 0 bridgehead atoms. The molecule has 0 spiro atoms. The van der Waals surface area contributed by atoms with Gasteiger partial charge in [-0.3, -0.25) is 0 Å². The zero-order valence-corrected chi connectivity index (χ0v) is 11.9. The van der Waals surface area contributed by atoms with E-state index >= 15 is 0 Å². The molecule has 0 saturated carbocycles. The first-order valence-corrected chi connectivity index (χ1v) is 6.37. The summed E-state index contributed by atoms with van der Waals surface area (Å²) < 4.78 is 6.65. The Labute approximate surface area is 108 Å². The maximum absolute atomic E-state index is 11.6. The largest absolute Gasteiger partial charge is 0.464 e. The van der Waals surface area contributed by atoms with Crippen LogP contribution < -0.4 is 5.73 Å².